The molecule has 2 heteroatoms. The van der Waals surface area contributed by atoms with Crippen molar-refractivity contribution >= 4 is 0 Å². The Morgan fingerprint density at radius 2 is 2.29 bits per heavy atom. The highest BCUT2D eigenvalue weighted by Crippen LogP contribution is 2.13. The summed E-state index contributed by atoms with van der Waals surface area (Å²) in [5.41, 5.74) is 1.13. The van der Waals surface area contributed by atoms with Crippen LogP contribution in [-0.2, 0) is 6.54 Å². The highest BCUT2D eigenvalue weighted by molar-refractivity contribution is 5.26. The van der Waals surface area contributed by atoms with Crippen molar-refractivity contribution in [2.24, 2.45) is 5.92 Å². The van der Waals surface area contributed by atoms with Crippen LogP contribution in [0, 0.1) is 5.92 Å². The molecule has 1 aromatic rings. The minimum absolute atomic E-state index is 0.336. The van der Waals surface area contributed by atoms with Gasteiger partial charge in [-0.25, -0.2) is 0 Å². The minimum Gasteiger partial charge on any atom is -0.508 e. The van der Waals surface area contributed by atoms with Crippen LogP contribution >= 0.6 is 0 Å². The normalized spacial score (nSPS) is 12.3. The lowest BCUT2D eigenvalue weighted by Gasteiger charge is -2.12. The molecule has 0 saturated carbocycles. The number of nitrogens with one attached hydrogen (secondary N) is 1. The number of aromatic hydroxyl groups is 1. The molecule has 0 fully saturated rings. The largest absolute Gasteiger partial charge is 0.508 e. The standard InChI is InChI=1S/C15H23NO/c1-3-6-13(4-2)9-10-16-12-14-7-5-8-15(17)11-14/h3,5,7-8,11,13,16-17H,1,4,6,9-10,12H2,2H3. The SMILES string of the molecule is C=CCC(CC)CCNCc1cccc(O)c1. The molecule has 0 bridgehead atoms. The molecule has 0 spiro atoms. The Hall–Kier alpha value is -1.28. The van der Waals surface area contributed by atoms with Gasteiger partial charge in [0.25, 0.3) is 0 Å². The Kier molecular flexibility index (Phi) is 6.41. The molecule has 94 valence electrons. The van der Waals surface area contributed by atoms with Gasteiger partial charge in [0.2, 0.25) is 0 Å². The van der Waals surface area contributed by atoms with E-state index in [-0.39, 0.29) is 0 Å². The highest BCUT2D eigenvalue weighted by Gasteiger charge is 2.03. The summed E-state index contributed by atoms with van der Waals surface area (Å²) in [4.78, 5) is 0. The maximum absolute atomic E-state index is 9.33. The number of phenolic OH excluding ortho intramolecular Hbond substituents is 1. The summed E-state index contributed by atoms with van der Waals surface area (Å²) in [5, 5.41) is 12.7. The van der Waals surface area contributed by atoms with Crippen LogP contribution < -0.4 is 5.32 Å². The first-order valence-corrected chi connectivity index (χ1v) is 6.35. The number of hydrogen-bond acceptors (Lipinski definition) is 2. The van der Waals surface area contributed by atoms with E-state index in [1.807, 2.05) is 18.2 Å². The highest BCUT2D eigenvalue weighted by atomic mass is 16.3. The predicted molar refractivity (Wildman–Crippen MR) is 73.0 cm³/mol. The average molecular weight is 233 g/mol. The molecule has 0 aliphatic heterocycles. The van der Waals surface area contributed by atoms with Crippen LogP contribution in [0.2, 0.25) is 0 Å². The summed E-state index contributed by atoms with van der Waals surface area (Å²) in [6.07, 6.45) is 5.49. The zero-order valence-electron chi connectivity index (χ0n) is 10.7. The Morgan fingerprint density at radius 3 is 2.94 bits per heavy atom. The van der Waals surface area contributed by atoms with Gasteiger partial charge in [-0.15, -0.1) is 6.58 Å². The molecule has 17 heavy (non-hydrogen) atoms. The molecule has 0 aliphatic carbocycles. The van der Waals surface area contributed by atoms with Gasteiger partial charge in [0.05, 0.1) is 0 Å². The number of allylic oxidation sites excluding steroid dienone is 1. The first-order chi connectivity index (χ1) is 8.26. The number of benzene rings is 1. The molecule has 0 heterocycles. The van der Waals surface area contributed by atoms with Gasteiger partial charge in [-0.3, -0.25) is 0 Å². The smallest absolute Gasteiger partial charge is 0.115 e. The maximum atomic E-state index is 9.33. The van der Waals surface area contributed by atoms with E-state index in [2.05, 4.69) is 18.8 Å². The lowest BCUT2D eigenvalue weighted by molar-refractivity contribution is 0.454. The summed E-state index contributed by atoms with van der Waals surface area (Å²) < 4.78 is 0. The van der Waals surface area contributed by atoms with Gasteiger partial charge in [0.15, 0.2) is 0 Å². The summed E-state index contributed by atoms with van der Waals surface area (Å²) in [5.74, 6) is 1.08. The van der Waals surface area contributed by atoms with Gasteiger partial charge >= 0.3 is 0 Å². The lowest BCUT2D eigenvalue weighted by Crippen LogP contribution is -2.17. The van der Waals surface area contributed by atoms with Gasteiger partial charge in [-0.1, -0.05) is 31.6 Å². The van der Waals surface area contributed by atoms with E-state index in [1.165, 1.54) is 12.8 Å². The number of hydrogen-bond donors (Lipinski definition) is 2. The molecule has 1 rings (SSSR count). The summed E-state index contributed by atoms with van der Waals surface area (Å²) in [6.45, 7) is 7.85. The van der Waals surface area contributed by atoms with E-state index in [4.69, 9.17) is 0 Å². The van der Waals surface area contributed by atoms with E-state index in [0.717, 1.165) is 31.0 Å². The van der Waals surface area contributed by atoms with Crippen molar-refractivity contribution in [3.8, 4) is 5.75 Å². The van der Waals surface area contributed by atoms with E-state index >= 15 is 0 Å². The topological polar surface area (TPSA) is 32.3 Å². The molecule has 0 aromatic heterocycles. The average Bonchev–Trinajstić information content (AvgIpc) is 2.33. The zero-order valence-corrected chi connectivity index (χ0v) is 10.7. The number of phenols is 1. The van der Waals surface area contributed by atoms with Crippen LogP contribution in [0.5, 0.6) is 5.75 Å². The molecule has 1 atom stereocenters. The molecule has 1 aromatic carbocycles. The van der Waals surface area contributed by atoms with Gasteiger partial charge in [0.1, 0.15) is 5.75 Å². The molecular formula is C15H23NO. The molecular weight excluding hydrogens is 210 g/mol. The van der Waals surface area contributed by atoms with Gasteiger partial charge in [0, 0.05) is 6.54 Å². The predicted octanol–water partition coefficient (Wildman–Crippen LogP) is 3.47. The number of rotatable bonds is 8. The summed E-state index contributed by atoms with van der Waals surface area (Å²) >= 11 is 0. The van der Waals surface area contributed by atoms with Crippen molar-refractivity contribution in [3.05, 3.63) is 42.5 Å². The van der Waals surface area contributed by atoms with E-state index in [0.29, 0.717) is 5.75 Å². The summed E-state index contributed by atoms with van der Waals surface area (Å²) in [6, 6.07) is 7.39. The fourth-order valence-electron chi connectivity index (χ4n) is 1.93. The second kappa shape index (κ2) is 7.91. The van der Waals surface area contributed by atoms with Crippen molar-refractivity contribution < 1.29 is 5.11 Å². The fraction of sp³-hybridized carbons (Fsp3) is 0.467. The van der Waals surface area contributed by atoms with E-state index in [1.54, 1.807) is 12.1 Å². The third-order valence-corrected chi connectivity index (χ3v) is 3.05. The first-order valence-electron chi connectivity index (χ1n) is 6.35. The molecule has 0 amide bonds. The van der Waals surface area contributed by atoms with E-state index < -0.39 is 0 Å². The first kappa shape index (κ1) is 13.8. The minimum atomic E-state index is 0.336. The Balaban J connectivity index is 2.21. The molecule has 2 nitrogen and oxygen atoms in total. The van der Waals surface area contributed by atoms with Crippen molar-refractivity contribution in [1.82, 2.24) is 5.32 Å². The van der Waals surface area contributed by atoms with Crippen LogP contribution in [0.25, 0.3) is 0 Å². The molecule has 0 radical (unpaired) electrons. The van der Waals surface area contributed by atoms with Crippen molar-refractivity contribution in [3.63, 3.8) is 0 Å². The quantitative estimate of drug-likeness (QED) is 0.532. The van der Waals surface area contributed by atoms with Crippen molar-refractivity contribution in [2.75, 3.05) is 6.54 Å². The molecule has 2 N–H and O–H groups in total. The molecule has 1 unspecified atom stereocenters. The van der Waals surface area contributed by atoms with Crippen LogP contribution in [0.3, 0.4) is 0 Å². The Morgan fingerprint density at radius 1 is 1.47 bits per heavy atom. The van der Waals surface area contributed by atoms with Crippen LogP contribution in [0.4, 0.5) is 0 Å². The van der Waals surface area contributed by atoms with E-state index in [9.17, 15) is 5.11 Å². The Bertz CT molecular complexity index is 335. The van der Waals surface area contributed by atoms with Gasteiger partial charge < -0.3 is 10.4 Å². The molecule has 0 saturated heterocycles. The van der Waals surface area contributed by atoms with Crippen molar-refractivity contribution in [1.29, 1.82) is 0 Å². The Labute approximate surface area is 104 Å². The van der Waals surface area contributed by atoms with Gasteiger partial charge in [-0.2, -0.15) is 0 Å². The second-order valence-electron chi connectivity index (χ2n) is 4.43. The fourth-order valence-corrected chi connectivity index (χ4v) is 1.93. The second-order valence-corrected chi connectivity index (χ2v) is 4.43. The monoisotopic (exact) mass is 233 g/mol. The third kappa shape index (κ3) is 5.55. The lowest BCUT2D eigenvalue weighted by atomic mass is 9.98. The molecule has 0 aliphatic rings. The zero-order chi connectivity index (χ0) is 12.5. The van der Waals surface area contributed by atoms with Crippen LogP contribution in [0.1, 0.15) is 31.7 Å². The third-order valence-electron chi connectivity index (χ3n) is 3.05. The van der Waals surface area contributed by atoms with Crippen LogP contribution in [0.15, 0.2) is 36.9 Å². The van der Waals surface area contributed by atoms with Gasteiger partial charge in [-0.05, 0) is 43.0 Å². The van der Waals surface area contributed by atoms with Crippen LogP contribution in [-0.4, -0.2) is 11.7 Å². The summed E-state index contributed by atoms with van der Waals surface area (Å²) in [7, 11) is 0. The van der Waals surface area contributed by atoms with Crippen molar-refractivity contribution in [2.45, 2.75) is 32.7 Å². The maximum Gasteiger partial charge on any atom is 0.115 e.